The van der Waals surface area contributed by atoms with E-state index in [-0.39, 0.29) is 65.2 Å². The van der Waals surface area contributed by atoms with Crippen LogP contribution < -0.4 is 0 Å². The molecular formula is C69H140Br4O7. The molecular weight excluding hydrogens is 1260 g/mol. The number of Topliss-reactive ketones (excluding diaryl/α,β-unsaturated/α-hetero) is 1. The summed E-state index contributed by atoms with van der Waals surface area (Å²) in [6.07, 6.45) is 58.3. The van der Waals surface area contributed by atoms with Gasteiger partial charge in [0.25, 0.3) is 0 Å². The Morgan fingerprint density at radius 2 is 0.475 bits per heavy atom. The number of esters is 1. The Labute approximate surface area is 534 Å². The number of ether oxygens (including phenoxy) is 1. The standard InChI is InChI=1S/C17H33BrO2.C17H33BrO.2C16H31BrO2.3CH4/c1-4-5-6-7-8-9-10-11-12-13-14-15(2)16(18)17(19)20-3;1-4-5-6-7-8-9-10-11-12-13-14-15(2)17(18)16(3)19;2*1-3-4-5-6-7-8-9-10-11-12-13-14(2)15(17)16(18)19;;;/h15-16H,4-14H2,1-3H3;15,17H,4-14H2,1-3H3;2*14-15H,3-13H2,1-2H3,(H,18,19);3*1H4/t15?,16-;15?,17-;2*14?,15-;;;/m1010.../s1. The lowest BCUT2D eigenvalue weighted by molar-refractivity contribution is -0.141. The fourth-order valence-electron chi connectivity index (χ4n) is 9.63. The minimum atomic E-state index is -0.737. The number of carbonyl (C=O) groups is 4. The van der Waals surface area contributed by atoms with Gasteiger partial charge in [-0.15, -0.1) is 0 Å². The largest absolute Gasteiger partial charge is 0.480 e. The highest BCUT2D eigenvalue weighted by Crippen LogP contribution is 2.25. The zero-order valence-corrected chi connectivity index (χ0v) is 58.5. The van der Waals surface area contributed by atoms with Crippen LogP contribution in [0.5, 0.6) is 0 Å². The topological polar surface area (TPSA) is 118 Å². The van der Waals surface area contributed by atoms with E-state index in [1.807, 2.05) is 13.8 Å². The lowest BCUT2D eigenvalue weighted by Gasteiger charge is -2.15. The van der Waals surface area contributed by atoms with Crippen LogP contribution in [0.25, 0.3) is 0 Å². The van der Waals surface area contributed by atoms with Crippen molar-refractivity contribution in [3.8, 4) is 0 Å². The second-order valence-electron chi connectivity index (χ2n) is 23.2. The third-order valence-electron chi connectivity index (χ3n) is 15.3. The predicted molar refractivity (Wildman–Crippen MR) is 372 cm³/mol. The number of carboxylic acid groups (broad SMARTS) is 2. The van der Waals surface area contributed by atoms with Crippen molar-refractivity contribution in [3.05, 3.63) is 0 Å². The molecule has 0 saturated heterocycles. The Hall–Kier alpha value is -0.000000000000000167. The van der Waals surface area contributed by atoms with Crippen LogP contribution >= 0.6 is 63.7 Å². The average Bonchev–Trinajstić information content (AvgIpc) is 3.41. The fraction of sp³-hybridized carbons (Fsp3) is 0.942. The van der Waals surface area contributed by atoms with Crippen molar-refractivity contribution in [1.82, 2.24) is 0 Å². The van der Waals surface area contributed by atoms with Crippen LogP contribution in [0.2, 0.25) is 0 Å². The van der Waals surface area contributed by atoms with E-state index in [2.05, 4.69) is 105 Å². The molecule has 0 radical (unpaired) electrons. The summed E-state index contributed by atoms with van der Waals surface area (Å²) in [5.41, 5.74) is 0. The Bertz CT molecular complexity index is 1150. The second kappa shape index (κ2) is 73.3. The van der Waals surface area contributed by atoms with Gasteiger partial charge in [0.05, 0.1) is 11.9 Å². The molecule has 8 atom stereocenters. The van der Waals surface area contributed by atoms with Crippen LogP contribution in [0.1, 0.15) is 367 Å². The van der Waals surface area contributed by atoms with Crippen LogP contribution in [0.4, 0.5) is 0 Å². The molecule has 0 aliphatic heterocycles. The number of halogens is 4. The number of alkyl halides is 4. The summed E-state index contributed by atoms with van der Waals surface area (Å²) in [5.74, 6) is -0.0653. The summed E-state index contributed by atoms with van der Waals surface area (Å²) in [4.78, 5) is 43.3. The Morgan fingerprint density at radius 1 is 0.312 bits per heavy atom. The van der Waals surface area contributed by atoms with Gasteiger partial charge >= 0.3 is 17.9 Å². The summed E-state index contributed by atoms with van der Waals surface area (Å²) >= 11 is 13.4. The molecule has 7 nitrogen and oxygen atoms in total. The second-order valence-corrected chi connectivity index (χ2v) is 27.2. The van der Waals surface area contributed by atoms with Crippen LogP contribution in [-0.2, 0) is 23.9 Å². The molecule has 80 heavy (non-hydrogen) atoms. The molecule has 0 aliphatic rings. The lowest BCUT2D eigenvalue weighted by Crippen LogP contribution is -2.23. The summed E-state index contributed by atoms with van der Waals surface area (Å²) in [6, 6.07) is 0. The summed E-state index contributed by atoms with van der Waals surface area (Å²) in [7, 11) is 1.45. The summed E-state index contributed by atoms with van der Waals surface area (Å²) in [5, 5.41) is 17.7. The first-order chi connectivity index (χ1) is 36.9. The van der Waals surface area contributed by atoms with Gasteiger partial charge in [0.1, 0.15) is 20.3 Å². The third kappa shape index (κ3) is 68.8. The molecule has 4 unspecified atom stereocenters. The van der Waals surface area contributed by atoms with E-state index in [1.54, 1.807) is 6.92 Å². The quantitative estimate of drug-likeness (QED) is 0.0354. The molecule has 0 aliphatic carbocycles. The van der Waals surface area contributed by atoms with E-state index < -0.39 is 11.9 Å². The van der Waals surface area contributed by atoms with E-state index in [1.165, 1.54) is 258 Å². The van der Waals surface area contributed by atoms with E-state index in [4.69, 9.17) is 14.9 Å². The molecule has 0 amide bonds. The number of ketones is 1. The first kappa shape index (κ1) is 93.7. The number of unbranched alkanes of at least 4 members (excludes halogenated alkanes) is 36. The number of rotatable bonds is 52. The van der Waals surface area contributed by atoms with E-state index in [0.717, 1.165) is 32.1 Å². The highest BCUT2D eigenvalue weighted by molar-refractivity contribution is 9.10. The van der Waals surface area contributed by atoms with E-state index >= 15 is 0 Å². The molecule has 0 fully saturated rings. The van der Waals surface area contributed by atoms with Gasteiger partial charge in [-0.1, -0.05) is 398 Å². The fourth-order valence-corrected chi connectivity index (χ4v) is 10.9. The number of aliphatic carboxylic acids is 2. The molecule has 11 heteroatoms. The third-order valence-corrected chi connectivity index (χ3v) is 20.7. The van der Waals surface area contributed by atoms with Gasteiger partial charge in [-0.2, -0.15) is 0 Å². The van der Waals surface area contributed by atoms with Crippen molar-refractivity contribution >= 4 is 87.4 Å². The molecule has 2 N–H and O–H groups in total. The van der Waals surface area contributed by atoms with Gasteiger partial charge in [-0.25, -0.2) is 0 Å². The molecule has 0 bridgehead atoms. The van der Waals surface area contributed by atoms with Crippen LogP contribution in [0.3, 0.4) is 0 Å². The maximum absolute atomic E-state index is 11.4. The Kier molecular flexibility index (Phi) is 85.8. The molecule has 0 saturated carbocycles. The monoisotopic (exact) mass is 1400 g/mol. The number of hydrogen-bond acceptors (Lipinski definition) is 5. The van der Waals surface area contributed by atoms with Gasteiger partial charge in [0.15, 0.2) is 0 Å². The van der Waals surface area contributed by atoms with Gasteiger partial charge in [-0.3, -0.25) is 19.2 Å². The number of methoxy groups -OCH3 is 1. The van der Waals surface area contributed by atoms with Crippen molar-refractivity contribution < 1.29 is 34.1 Å². The average molecular weight is 1400 g/mol. The van der Waals surface area contributed by atoms with Gasteiger partial charge < -0.3 is 14.9 Å². The predicted octanol–water partition coefficient (Wildman–Crippen LogP) is 25.6. The molecule has 0 rings (SSSR count). The van der Waals surface area contributed by atoms with Crippen molar-refractivity contribution in [2.75, 3.05) is 7.11 Å². The molecule has 0 aromatic rings. The molecule has 0 heterocycles. The highest BCUT2D eigenvalue weighted by Gasteiger charge is 2.23. The molecule has 486 valence electrons. The Morgan fingerprint density at radius 3 is 0.637 bits per heavy atom. The lowest BCUT2D eigenvalue weighted by atomic mass is 9.97. The zero-order valence-electron chi connectivity index (χ0n) is 52.2. The first-order valence-electron chi connectivity index (χ1n) is 32.5. The van der Waals surface area contributed by atoms with Crippen LogP contribution in [0.15, 0.2) is 0 Å². The smallest absolute Gasteiger partial charge is 0.319 e. The zero-order chi connectivity index (χ0) is 58.7. The normalized spacial score (nSPS) is 13.7. The maximum atomic E-state index is 11.4. The SMILES string of the molecule is C.C.C.CCCCCCCCCCCCC(C)[C@@H](Br)C(=O)O.CCCCCCCCCCCCC(C)[C@@H](Br)C(=O)OC.CCCCCCCCCCCCC(C)[C@H](Br)C(=O)O.CCCCCCCCCCCCC(C)[C@H](Br)C(C)=O. The number of carboxylic acids is 2. The maximum Gasteiger partial charge on any atom is 0.319 e. The minimum absolute atomic E-state index is 0. The van der Waals surface area contributed by atoms with Crippen molar-refractivity contribution in [2.24, 2.45) is 23.7 Å². The van der Waals surface area contributed by atoms with Gasteiger partial charge in [-0.05, 0) is 56.3 Å². The first-order valence-corrected chi connectivity index (χ1v) is 36.2. The molecule has 0 spiro atoms. The van der Waals surface area contributed by atoms with Crippen molar-refractivity contribution in [3.63, 3.8) is 0 Å². The minimum Gasteiger partial charge on any atom is -0.480 e. The van der Waals surface area contributed by atoms with Crippen LogP contribution in [-0.4, -0.2) is 60.3 Å². The van der Waals surface area contributed by atoms with Crippen LogP contribution in [0, 0.1) is 23.7 Å². The highest BCUT2D eigenvalue weighted by atomic mass is 79.9. The molecule has 0 aromatic carbocycles. The summed E-state index contributed by atoms with van der Waals surface area (Å²) in [6.45, 7) is 19.0. The van der Waals surface area contributed by atoms with Crippen molar-refractivity contribution in [2.45, 2.75) is 386 Å². The van der Waals surface area contributed by atoms with Gasteiger partial charge in [0.2, 0.25) is 0 Å². The summed E-state index contributed by atoms with van der Waals surface area (Å²) < 4.78 is 4.75. The number of hydrogen-bond donors (Lipinski definition) is 2. The number of carbonyl (C=O) groups excluding carboxylic acids is 2. The van der Waals surface area contributed by atoms with E-state index in [0.29, 0.717) is 11.8 Å². The molecule has 0 aromatic heterocycles. The Balaban J connectivity index is -0.000000175. The van der Waals surface area contributed by atoms with E-state index in [9.17, 15) is 19.2 Å². The van der Waals surface area contributed by atoms with Gasteiger partial charge in [0, 0.05) is 0 Å². The van der Waals surface area contributed by atoms with Crippen molar-refractivity contribution in [1.29, 1.82) is 0 Å².